The molecular formula is C21H25FN2O4. The predicted octanol–water partition coefficient (Wildman–Crippen LogP) is 3.17. The molecule has 6 nitrogen and oxygen atoms in total. The van der Waals surface area contributed by atoms with E-state index >= 15 is 0 Å². The molecule has 2 aromatic rings. The van der Waals surface area contributed by atoms with Crippen molar-refractivity contribution in [3.8, 4) is 5.75 Å². The average molecular weight is 388 g/mol. The van der Waals surface area contributed by atoms with Crippen LogP contribution >= 0.6 is 0 Å². The van der Waals surface area contributed by atoms with Crippen molar-refractivity contribution < 1.29 is 23.8 Å². The van der Waals surface area contributed by atoms with Crippen molar-refractivity contribution in [2.75, 3.05) is 43.6 Å². The molecule has 0 saturated carbocycles. The number of hydrogen-bond acceptors (Lipinski definition) is 5. The first-order valence-electron chi connectivity index (χ1n) is 9.32. The fourth-order valence-corrected chi connectivity index (χ4v) is 3.23. The van der Waals surface area contributed by atoms with Crippen molar-refractivity contribution in [3.05, 3.63) is 53.8 Å². The van der Waals surface area contributed by atoms with Gasteiger partial charge in [-0.15, -0.1) is 0 Å². The standard InChI is InChI=1S/C21H25FN2O4/c1-27-20(21(25)26)13-15-3-6-17(7-4-15)23-9-2-10-24-11-12-28-19-14-16(22)5-8-18(19)24/h3-8,14,20,23H,2,9-13H2,1H3,(H,25,26). The summed E-state index contributed by atoms with van der Waals surface area (Å²) in [5.74, 6) is -0.645. The number of aliphatic carboxylic acids is 1. The van der Waals surface area contributed by atoms with E-state index in [-0.39, 0.29) is 5.82 Å². The summed E-state index contributed by atoms with van der Waals surface area (Å²) in [6, 6.07) is 12.3. The summed E-state index contributed by atoms with van der Waals surface area (Å²) in [5, 5.41) is 12.4. The van der Waals surface area contributed by atoms with Crippen LogP contribution in [0.3, 0.4) is 0 Å². The van der Waals surface area contributed by atoms with E-state index in [0.29, 0.717) is 18.8 Å². The van der Waals surface area contributed by atoms with Gasteiger partial charge < -0.3 is 24.8 Å². The van der Waals surface area contributed by atoms with Crippen molar-refractivity contribution in [1.82, 2.24) is 0 Å². The molecular weight excluding hydrogens is 363 g/mol. The first kappa shape index (κ1) is 19.9. The van der Waals surface area contributed by atoms with Crippen LogP contribution in [0, 0.1) is 5.82 Å². The van der Waals surface area contributed by atoms with Crippen molar-refractivity contribution in [1.29, 1.82) is 0 Å². The van der Waals surface area contributed by atoms with E-state index in [1.54, 1.807) is 6.07 Å². The first-order chi connectivity index (χ1) is 13.6. The third-order valence-corrected chi connectivity index (χ3v) is 4.75. The Kier molecular flexibility index (Phi) is 6.71. The van der Waals surface area contributed by atoms with Crippen molar-refractivity contribution >= 4 is 17.3 Å². The molecule has 28 heavy (non-hydrogen) atoms. The average Bonchev–Trinajstić information content (AvgIpc) is 2.70. The smallest absolute Gasteiger partial charge is 0.333 e. The molecule has 0 spiro atoms. The van der Waals surface area contributed by atoms with E-state index < -0.39 is 12.1 Å². The van der Waals surface area contributed by atoms with Gasteiger partial charge in [-0.1, -0.05) is 12.1 Å². The maximum atomic E-state index is 13.3. The number of carbonyl (C=O) groups is 1. The monoisotopic (exact) mass is 388 g/mol. The molecule has 0 aliphatic carbocycles. The van der Waals surface area contributed by atoms with Gasteiger partial charge >= 0.3 is 5.97 Å². The number of hydrogen-bond donors (Lipinski definition) is 2. The molecule has 150 valence electrons. The van der Waals surface area contributed by atoms with Gasteiger partial charge in [-0.3, -0.25) is 0 Å². The number of nitrogens with one attached hydrogen (secondary N) is 1. The number of halogens is 1. The van der Waals surface area contributed by atoms with Gasteiger partial charge in [0.05, 0.1) is 12.2 Å². The van der Waals surface area contributed by atoms with Crippen LogP contribution in [-0.4, -0.2) is 50.5 Å². The third-order valence-electron chi connectivity index (χ3n) is 4.75. The lowest BCUT2D eigenvalue weighted by molar-refractivity contribution is -0.148. The van der Waals surface area contributed by atoms with Crippen molar-refractivity contribution in [3.63, 3.8) is 0 Å². The summed E-state index contributed by atoms with van der Waals surface area (Å²) in [4.78, 5) is 13.2. The molecule has 1 heterocycles. The highest BCUT2D eigenvalue weighted by Gasteiger charge is 2.18. The molecule has 3 rings (SSSR count). The van der Waals surface area contributed by atoms with Crippen molar-refractivity contribution in [2.45, 2.75) is 18.9 Å². The second kappa shape index (κ2) is 9.41. The minimum atomic E-state index is -0.961. The summed E-state index contributed by atoms with van der Waals surface area (Å²) in [7, 11) is 1.40. The topological polar surface area (TPSA) is 71.0 Å². The van der Waals surface area contributed by atoms with Gasteiger partial charge in [0.2, 0.25) is 0 Å². The number of ether oxygens (including phenoxy) is 2. The van der Waals surface area contributed by atoms with E-state index in [1.165, 1.54) is 19.2 Å². The lowest BCUT2D eigenvalue weighted by Crippen LogP contribution is -2.34. The van der Waals surface area contributed by atoms with Gasteiger partial charge in [0.1, 0.15) is 18.2 Å². The van der Waals surface area contributed by atoms with Crippen LogP contribution in [0.25, 0.3) is 0 Å². The van der Waals surface area contributed by atoms with E-state index in [0.717, 1.165) is 43.0 Å². The number of rotatable bonds is 9. The highest BCUT2D eigenvalue weighted by Crippen LogP contribution is 2.32. The zero-order valence-electron chi connectivity index (χ0n) is 15.9. The fourth-order valence-electron chi connectivity index (χ4n) is 3.23. The van der Waals surface area contributed by atoms with Crippen LogP contribution in [0.4, 0.5) is 15.8 Å². The van der Waals surface area contributed by atoms with Crippen LogP contribution in [-0.2, 0) is 16.0 Å². The quantitative estimate of drug-likeness (QED) is 0.643. The predicted molar refractivity (Wildman–Crippen MR) is 106 cm³/mol. The second-order valence-electron chi connectivity index (χ2n) is 6.69. The third kappa shape index (κ3) is 5.13. The van der Waals surface area contributed by atoms with E-state index in [9.17, 15) is 9.18 Å². The number of carboxylic acid groups (broad SMARTS) is 1. The normalized spacial score (nSPS) is 14.1. The number of nitrogens with zero attached hydrogens (tertiary/aromatic N) is 1. The molecule has 1 unspecified atom stereocenters. The molecule has 0 aromatic heterocycles. The largest absolute Gasteiger partial charge is 0.489 e. The lowest BCUT2D eigenvalue weighted by atomic mass is 10.1. The van der Waals surface area contributed by atoms with Crippen LogP contribution < -0.4 is 15.0 Å². The minimum Gasteiger partial charge on any atom is -0.489 e. The van der Waals surface area contributed by atoms with Crippen LogP contribution in [0.1, 0.15) is 12.0 Å². The highest BCUT2D eigenvalue weighted by molar-refractivity contribution is 5.72. The Morgan fingerprint density at radius 1 is 1.32 bits per heavy atom. The Morgan fingerprint density at radius 2 is 2.11 bits per heavy atom. The lowest BCUT2D eigenvalue weighted by Gasteiger charge is -2.31. The number of methoxy groups -OCH3 is 1. The fraction of sp³-hybridized carbons (Fsp3) is 0.381. The molecule has 2 aromatic carbocycles. The van der Waals surface area contributed by atoms with Crippen LogP contribution in [0.15, 0.2) is 42.5 Å². The highest BCUT2D eigenvalue weighted by atomic mass is 19.1. The zero-order chi connectivity index (χ0) is 19.9. The number of anilines is 2. The summed E-state index contributed by atoms with van der Waals surface area (Å²) < 4.78 is 23.8. The maximum absolute atomic E-state index is 13.3. The summed E-state index contributed by atoms with van der Waals surface area (Å²) in [6.07, 6.45) is 0.427. The first-order valence-corrected chi connectivity index (χ1v) is 9.32. The molecule has 0 bridgehead atoms. The van der Waals surface area contributed by atoms with Crippen LogP contribution in [0.5, 0.6) is 5.75 Å². The Labute approximate surface area is 163 Å². The molecule has 0 fully saturated rings. The van der Waals surface area contributed by atoms with Crippen molar-refractivity contribution in [2.24, 2.45) is 0 Å². The van der Waals surface area contributed by atoms with E-state index in [4.69, 9.17) is 14.6 Å². The minimum absolute atomic E-state index is 0.286. The molecule has 0 saturated heterocycles. The molecule has 1 aliphatic rings. The van der Waals surface area contributed by atoms with Gasteiger partial charge in [-0.05, 0) is 36.2 Å². The summed E-state index contributed by atoms with van der Waals surface area (Å²) in [6.45, 7) is 2.99. The summed E-state index contributed by atoms with van der Waals surface area (Å²) >= 11 is 0. The Hall–Kier alpha value is -2.80. The molecule has 1 aliphatic heterocycles. The van der Waals surface area contributed by atoms with Gasteiger partial charge in [0.15, 0.2) is 6.10 Å². The van der Waals surface area contributed by atoms with Crippen LogP contribution in [0.2, 0.25) is 0 Å². The SMILES string of the molecule is COC(Cc1ccc(NCCCN2CCOc3cc(F)ccc32)cc1)C(=O)O. The molecule has 1 atom stereocenters. The Bertz CT molecular complexity index is 797. The van der Waals surface area contributed by atoms with Gasteiger partial charge in [-0.25, -0.2) is 9.18 Å². The maximum Gasteiger partial charge on any atom is 0.333 e. The molecule has 7 heteroatoms. The Morgan fingerprint density at radius 3 is 2.82 bits per heavy atom. The molecule has 0 amide bonds. The summed E-state index contributed by atoms with van der Waals surface area (Å²) in [5.41, 5.74) is 2.83. The van der Waals surface area contributed by atoms with Gasteiger partial charge in [0, 0.05) is 38.4 Å². The number of carboxylic acids is 1. The van der Waals surface area contributed by atoms with E-state index in [2.05, 4.69) is 10.2 Å². The number of fused-ring (bicyclic) bond motifs is 1. The molecule has 0 radical (unpaired) electrons. The molecule has 2 N–H and O–H groups in total. The van der Waals surface area contributed by atoms with Gasteiger partial charge in [0.25, 0.3) is 0 Å². The van der Waals surface area contributed by atoms with Gasteiger partial charge in [-0.2, -0.15) is 0 Å². The number of benzene rings is 2. The zero-order valence-corrected chi connectivity index (χ0v) is 15.9. The van der Waals surface area contributed by atoms with E-state index in [1.807, 2.05) is 24.3 Å². The second-order valence-corrected chi connectivity index (χ2v) is 6.69. The Balaban J connectivity index is 1.45.